The summed E-state index contributed by atoms with van der Waals surface area (Å²) in [6.45, 7) is 2.93. The van der Waals surface area contributed by atoms with Gasteiger partial charge < -0.3 is 10.2 Å². The third kappa shape index (κ3) is 3.11. The second-order valence-corrected chi connectivity index (χ2v) is 8.42. The number of thiophene rings is 1. The molecule has 30 heavy (non-hydrogen) atoms. The van der Waals surface area contributed by atoms with Gasteiger partial charge in [-0.3, -0.25) is 19.7 Å². The van der Waals surface area contributed by atoms with Gasteiger partial charge in [-0.1, -0.05) is 12.1 Å². The van der Waals surface area contributed by atoms with Crippen molar-refractivity contribution in [3.8, 4) is 0 Å². The maximum Gasteiger partial charge on any atom is 0.255 e. The number of anilines is 1. The van der Waals surface area contributed by atoms with Crippen molar-refractivity contribution in [1.29, 1.82) is 0 Å². The molecule has 3 amide bonds. The summed E-state index contributed by atoms with van der Waals surface area (Å²) in [7, 11) is 0. The topological polar surface area (TPSA) is 104 Å². The highest BCUT2D eigenvalue weighted by atomic mass is 32.1. The quantitative estimate of drug-likeness (QED) is 0.627. The zero-order valence-corrected chi connectivity index (χ0v) is 17.1. The van der Waals surface area contributed by atoms with Crippen LogP contribution in [-0.4, -0.2) is 38.6 Å². The van der Waals surface area contributed by atoms with E-state index < -0.39 is 11.9 Å². The van der Waals surface area contributed by atoms with E-state index in [1.807, 2.05) is 25.1 Å². The third-order valence-electron chi connectivity index (χ3n) is 5.61. The number of nitrogens with one attached hydrogen (secondary N) is 2. The average molecular weight is 421 g/mol. The lowest BCUT2D eigenvalue weighted by atomic mass is 10.0. The molecule has 8 nitrogen and oxygen atoms in total. The number of nitrogens with zero attached hydrogens (tertiary/aromatic N) is 3. The number of rotatable bonds is 4. The molecule has 1 atom stereocenters. The Labute approximate surface area is 176 Å². The van der Waals surface area contributed by atoms with Crippen LogP contribution in [0, 0.1) is 6.92 Å². The van der Waals surface area contributed by atoms with Crippen LogP contribution < -0.4 is 10.6 Å². The second kappa shape index (κ2) is 7.17. The zero-order valence-electron chi connectivity index (χ0n) is 16.3. The summed E-state index contributed by atoms with van der Waals surface area (Å²) in [6, 6.07) is 5.18. The smallest absolute Gasteiger partial charge is 0.255 e. The molecule has 1 fully saturated rings. The lowest BCUT2D eigenvalue weighted by Gasteiger charge is -2.29. The van der Waals surface area contributed by atoms with E-state index in [4.69, 9.17) is 0 Å². The van der Waals surface area contributed by atoms with Crippen molar-refractivity contribution in [3.05, 3.63) is 52.2 Å². The van der Waals surface area contributed by atoms with Crippen LogP contribution in [0.4, 0.5) is 5.82 Å². The van der Waals surface area contributed by atoms with Crippen LogP contribution in [-0.2, 0) is 22.7 Å². The van der Waals surface area contributed by atoms with E-state index in [1.165, 1.54) is 0 Å². The first-order valence-electron chi connectivity index (χ1n) is 9.70. The SMILES string of the molecule is Cc1csc2ncnc(NCc3ccc4c(c3)C(=O)N(C3CCC(=O)NC3=O)C4)c12. The van der Waals surface area contributed by atoms with Crippen LogP contribution in [0.1, 0.15) is 39.9 Å². The molecule has 1 aromatic carbocycles. The molecule has 0 bridgehead atoms. The predicted molar refractivity (Wildman–Crippen MR) is 112 cm³/mol. The van der Waals surface area contributed by atoms with E-state index in [9.17, 15) is 14.4 Å². The van der Waals surface area contributed by atoms with Crippen molar-refractivity contribution < 1.29 is 14.4 Å². The molecule has 2 aliphatic heterocycles. The number of amides is 3. The summed E-state index contributed by atoms with van der Waals surface area (Å²) in [5.41, 5.74) is 3.58. The number of benzene rings is 1. The summed E-state index contributed by atoms with van der Waals surface area (Å²) >= 11 is 1.59. The Bertz CT molecular complexity index is 1200. The summed E-state index contributed by atoms with van der Waals surface area (Å²) < 4.78 is 0. The molecule has 1 saturated heterocycles. The molecule has 5 rings (SSSR count). The predicted octanol–water partition coefficient (Wildman–Crippen LogP) is 2.37. The maximum atomic E-state index is 13.0. The van der Waals surface area contributed by atoms with Gasteiger partial charge in [0.25, 0.3) is 5.91 Å². The number of fused-ring (bicyclic) bond motifs is 2. The van der Waals surface area contributed by atoms with Gasteiger partial charge in [0.15, 0.2) is 0 Å². The van der Waals surface area contributed by atoms with Crippen LogP contribution in [0.25, 0.3) is 10.2 Å². The number of carbonyl (C=O) groups excluding carboxylic acids is 3. The standard InChI is InChI=1S/C21H19N5O3S/c1-11-9-30-20-17(11)18(23-10-24-20)22-7-12-2-3-13-8-26(21(29)14(13)6-12)15-4-5-16(27)25-19(15)28/h2-3,6,9-10,15H,4-5,7-8H2,1H3,(H,22,23,24)(H,25,27,28). The first kappa shape index (κ1) is 18.7. The molecule has 0 radical (unpaired) electrons. The fourth-order valence-corrected chi connectivity index (χ4v) is 4.94. The molecule has 2 aliphatic rings. The van der Waals surface area contributed by atoms with Gasteiger partial charge in [-0.2, -0.15) is 0 Å². The molecule has 2 aromatic heterocycles. The van der Waals surface area contributed by atoms with E-state index in [0.717, 1.165) is 32.7 Å². The van der Waals surface area contributed by atoms with E-state index >= 15 is 0 Å². The van der Waals surface area contributed by atoms with Gasteiger partial charge in [-0.15, -0.1) is 11.3 Å². The number of aromatic nitrogens is 2. The molecule has 0 aliphatic carbocycles. The molecule has 0 saturated carbocycles. The van der Waals surface area contributed by atoms with Gasteiger partial charge in [0, 0.05) is 25.1 Å². The molecule has 9 heteroatoms. The summed E-state index contributed by atoms with van der Waals surface area (Å²) in [6.07, 6.45) is 2.16. The lowest BCUT2D eigenvalue weighted by molar-refractivity contribution is -0.136. The lowest BCUT2D eigenvalue weighted by Crippen LogP contribution is -2.52. The zero-order chi connectivity index (χ0) is 20.8. The van der Waals surface area contributed by atoms with Crippen LogP contribution in [0.15, 0.2) is 29.9 Å². The van der Waals surface area contributed by atoms with Crippen molar-refractivity contribution in [3.63, 3.8) is 0 Å². The minimum atomic E-state index is -0.597. The number of piperidine rings is 1. The highest BCUT2D eigenvalue weighted by Gasteiger charge is 2.39. The maximum absolute atomic E-state index is 13.0. The van der Waals surface area contributed by atoms with Crippen molar-refractivity contribution in [2.45, 2.75) is 38.9 Å². The van der Waals surface area contributed by atoms with Crippen LogP contribution in [0.5, 0.6) is 0 Å². The fourth-order valence-electron chi connectivity index (χ4n) is 4.05. The monoisotopic (exact) mass is 421 g/mol. The van der Waals surface area contributed by atoms with Gasteiger partial charge in [0.1, 0.15) is 23.0 Å². The van der Waals surface area contributed by atoms with Crippen molar-refractivity contribution in [1.82, 2.24) is 20.2 Å². The van der Waals surface area contributed by atoms with Crippen molar-refractivity contribution >= 4 is 45.1 Å². The molecule has 1 unspecified atom stereocenters. The third-order valence-corrected chi connectivity index (χ3v) is 6.61. The fraction of sp³-hybridized carbons (Fsp3) is 0.286. The van der Waals surface area contributed by atoms with Gasteiger partial charge >= 0.3 is 0 Å². The van der Waals surface area contributed by atoms with E-state index in [1.54, 1.807) is 22.6 Å². The minimum absolute atomic E-state index is 0.167. The summed E-state index contributed by atoms with van der Waals surface area (Å²) in [4.78, 5) is 47.7. The number of hydrogen-bond donors (Lipinski definition) is 2. The molecule has 152 valence electrons. The minimum Gasteiger partial charge on any atom is -0.365 e. The number of imide groups is 1. The van der Waals surface area contributed by atoms with Gasteiger partial charge in [-0.05, 0) is 41.5 Å². The normalized spacial score (nSPS) is 18.6. The van der Waals surface area contributed by atoms with Crippen LogP contribution >= 0.6 is 11.3 Å². The van der Waals surface area contributed by atoms with E-state index in [2.05, 4.69) is 26.0 Å². The first-order valence-corrected chi connectivity index (χ1v) is 10.6. The van der Waals surface area contributed by atoms with Gasteiger partial charge in [0.2, 0.25) is 11.8 Å². The Morgan fingerprint density at radius 3 is 2.97 bits per heavy atom. The largest absolute Gasteiger partial charge is 0.365 e. The number of aryl methyl sites for hydroxylation is 1. The summed E-state index contributed by atoms with van der Waals surface area (Å²) in [5, 5.41) is 8.75. The highest BCUT2D eigenvalue weighted by Crippen LogP contribution is 2.30. The molecular weight excluding hydrogens is 402 g/mol. The van der Waals surface area contributed by atoms with Crippen molar-refractivity contribution in [2.75, 3.05) is 5.32 Å². The Morgan fingerprint density at radius 1 is 1.27 bits per heavy atom. The molecular formula is C21H19N5O3S. The van der Waals surface area contributed by atoms with Gasteiger partial charge in [-0.25, -0.2) is 9.97 Å². The molecule has 2 N–H and O–H groups in total. The Hall–Kier alpha value is -3.33. The Morgan fingerprint density at radius 2 is 2.13 bits per heavy atom. The van der Waals surface area contributed by atoms with Gasteiger partial charge in [0.05, 0.1) is 5.39 Å². The first-order chi connectivity index (χ1) is 14.5. The van der Waals surface area contributed by atoms with Crippen LogP contribution in [0.2, 0.25) is 0 Å². The number of hydrogen-bond acceptors (Lipinski definition) is 7. The Balaban J connectivity index is 1.34. The summed E-state index contributed by atoms with van der Waals surface area (Å²) in [5.74, 6) is -0.0723. The van der Waals surface area contributed by atoms with E-state index in [0.29, 0.717) is 25.1 Å². The molecule has 4 heterocycles. The van der Waals surface area contributed by atoms with E-state index in [-0.39, 0.29) is 18.2 Å². The Kier molecular flexibility index (Phi) is 4.47. The highest BCUT2D eigenvalue weighted by molar-refractivity contribution is 7.17. The molecule has 3 aromatic rings. The van der Waals surface area contributed by atoms with Crippen molar-refractivity contribution in [2.24, 2.45) is 0 Å². The molecule has 0 spiro atoms. The number of carbonyl (C=O) groups is 3. The van der Waals surface area contributed by atoms with Crippen LogP contribution in [0.3, 0.4) is 0 Å². The average Bonchev–Trinajstić information content (AvgIpc) is 3.27. The second-order valence-electron chi connectivity index (χ2n) is 7.57.